The standard InChI is InChI=1S/C16H22N4O4/c1-4-14(18-12-6-5-7-13(10-12)22-3)15(21)17-8-9-23-16-11(2)19-24-20-16/h5-7,10,14,18H,4,8-9H2,1-3H3,(H,17,21)/t14-/m0/s1. The van der Waals surface area contributed by atoms with E-state index < -0.39 is 0 Å². The fourth-order valence-electron chi connectivity index (χ4n) is 2.07. The molecular formula is C16H22N4O4. The Hall–Kier alpha value is -2.77. The predicted molar refractivity (Wildman–Crippen MR) is 88.2 cm³/mol. The Morgan fingerprint density at radius 1 is 1.38 bits per heavy atom. The van der Waals surface area contributed by atoms with Crippen LogP contribution in [0.15, 0.2) is 28.9 Å². The average molecular weight is 334 g/mol. The van der Waals surface area contributed by atoms with Crippen LogP contribution in [0.5, 0.6) is 11.6 Å². The van der Waals surface area contributed by atoms with E-state index in [1.54, 1.807) is 14.0 Å². The molecule has 1 aromatic carbocycles. The Bertz CT molecular complexity index is 659. The number of carbonyl (C=O) groups excluding carboxylic acids is 1. The van der Waals surface area contributed by atoms with Crippen LogP contribution in [0.1, 0.15) is 19.0 Å². The lowest BCUT2D eigenvalue weighted by molar-refractivity contribution is -0.122. The van der Waals surface area contributed by atoms with Crippen LogP contribution in [-0.2, 0) is 4.79 Å². The van der Waals surface area contributed by atoms with E-state index in [0.29, 0.717) is 24.5 Å². The summed E-state index contributed by atoms with van der Waals surface area (Å²) in [6.07, 6.45) is 0.649. The molecule has 0 fully saturated rings. The maximum absolute atomic E-state index is 12.3. The van der Waals surface area contributed by atoms with E-state index in [9.17, 15) is 4.79 Å². The number of amides is 1. The van der Waals surface area contributed by atoms with Gasteiger partial charge in [0.15, 0.2) is 0 Å². The third-order valence-corrected chi connectivity index (χ3v) is 3.39. The van der Waals surface area contributed by atoms with Crippen molar-refractivity contribution in [3.63, 3.8) is 0 Å². The van der Waals surface area contributed by atoms with Crippen molar-refractivity contribution in [1.29, 1.82) is 0 Å². The second kappa shape index (κ2) is 8.76. The molecule has 1 aromatic heterocycles. The maximum Gasteiger partial charge on any atom is 0.278 e. The number of anilines is 1. The minimum Gasteiger partial charge on any atom is -0.497 e. The normalized spacial score (nSPS) is 11.6. The van der Waals surface area contributed by atoms with Crippen LogP contribution in [-0.4, -0.2) is 42.5 Å². The molecule has 0 aliphatic rings. The molecule has 0 spiro atoms. The zero-order valence-electron chi connectivity index (χ0n) is 14.0. The fraction of sp³-hybridized carbons (Fsp3) is 0.438. The molecule has 24 heavy (non-hydrogen) atoms. The number of hydrogen-bond acceptors (Lipinski definition) is 7. The number of methoxy groups -OCH3 is 1. The molecule has 0 aliphatic heterocycles. The largest absolute Gasteiger partial charge is 0.497 e. The summed E-state index contributed by atoms with van der Waals surface area (Å²) in [6.45, 7) is 4.33. The summed E-state index contributed by atoms with van der Waals surface area (Å²) in [5, 5.41) is 13.2. The van der Waals surface area contributed by atoms with Crippen LogP contribution in [0.2, 0.25) is 0 Å². The lowest BCUT2D eigenvalue weighted by atomic mass is 10.2. The molecule has 1 heterocycles. The summed E-state index contributed by atoms with van der Waals surface area (Å²) >= 11 is 0. The van der Waals surface area contributed by atoms with Gasteiger partial charge < -0.3 is 20.1 Å². The first-order valence-electron chi connectivity index (χ1n) is 7.74. The van der Waals surface area contributed by atoms with Crippen LogP contribution >= 0.6 is 0 Å². The van der Waals surface area contributed by atoms with E-state index in [2.05, 4.69) is 25.6 Å². The molecule has 0 saturated carbocycles. The minimum atomic E-state index is -0.340. The molecule has 8 heteroatoms. The van der Waals surface area contributed by atoms with Gasteiger partial charge in [0.2, 0.25) is 5.91 Å². The van der Waals surface area contributed by atoms with Crippen LogP contribution in [0.3, 0.4) is 0 Å². The number of nitrogens with zero attached hydrogens (tertiary/aromatic N) is 2. The van der Waals surface area contributed by atoms with Crippen LogP contribution in [0.25, 0.3) is 0 Å². The Morgan fingerprint density at radius 3 is 2.88 bits per heavy atom. The van der Waals surface area contributed by atoms with E-state index >= 15 is 0 Å². The van der Waals surface area contributed by atoms with Crippen molar-refractivity contribution in [1.82, 2.24) is 15.6 Å². The van der Waals surface area contributed by atoms with Gasteiger partial charge in [-0.1, -0.05) is 18.1 Å². The summed E-state index contributed by atoms with van der Waals surface area (Å²) < 4.78 is 15.1. The number of carbonyl (C=O) groups is 1. The molecular weight excluding hydrogens is 312 g/mol. The molecule has 2 rings (SSSR count). The van der Waals surface area contributed by atoms with Gasteiger partial charge in [0, 0.05) is 11.8 Å². The number of aromatic nitrogens is 2. The fourth-order valence-corrected chi connectivity index (χ4v) is 2.07. The molecule has 0 bridgehead atoms. The van der Waals surface area contributed by atoms with Gasteiger partial charge in [-0.15, -0.1) is 0 Å². The van der Waals surface area contributed by atoms with Crippen LogP contribution in [0.4, 0.5) is 5.69 Å². The Morgan fingerprint density at radius 2 is 2.21 bits per heavy atom. The molecule has 1 amide bonds. The average Bonchev–Trinajstić information content (AvgIpc) is 3.01. The number of hydrogen-bond donors (Lipinski definition) is 2. The molecule has 8 nitrogen and oxygen atoms in total. The molecule has 0 aliphatic carbocycles. The van der Waals surface area contributed by atoms with E-state index in [1.807, 2.05) is 31.2 Å². The highest BCUT2D eigenvalue weighted by Gasteiger charge is 2.16. The van der Waals surface area contributed by atoms with Crippen molar-refractivity contribution in [2.24, 2.45) is 0 Å². The summed E-state index contributed by atoms with van der Waals surface area (Å²) in [5.74, 6) is 0.977. The Labute approximate surface area is 140 Å². The molecule has 130 valence electrons. The van der Waals surface area contributed by atoms with Crippen molar-refractivity contribution < 1.29 is 18.9 Å². The second-order valence-corrected chi connectivity index (χ2v) is 5.13. The zero-order valence-corrected chi connectivity index (χ0v) is 14.0. The van der Waals surface area contributed by atoms with Crippen molar-refractivity contribution in [3.8, 4) is 11.6 Å². The van der Waals surface area contributed by atoms with Crippen molar-refractivity contribution in [2.45, 2.75) is 26.3 Å². The van der Waals surface area contributed by atoms with Crippen LogP contribution < -0.4 is 20.1 Å². The number of rotatable bonds is 9. The van der Waals surface area contributed by atoms with Gasteiger partial charge in [0.1, 0.15) is 24.1 Å². The molecule has 1 atom stereocenters. The first-order valence-corrected chi connectivity index (χ1v) is 7.74. The quantitative estimate of drug-likeness (QED) is 0.674. The molecule has 2 aromatic rings. The van der Waals surface area contributed by atoms with E-state index in [-0.39, 0.29) is 18.6 Å². The highest BCUT2D eigenvalue weighted by molar-refractivity contribution is 5.84. The van der Waals surface area contributed by atoms with Gasteiger partial charge in [-0.05, 0) is 30.6 Å². The van der Waals surface area contributed by atoms with E-state index in [0.717, 1.165) is 11.4 Å². The summed E-state index contributed by atoms with van der Waals surface area (Å²) in [6, 6.07) is 7.12. The van der Waals surface area contributed by atoms with Crippen molar-refractivity contribution >= 4 is 11.6 Å². The van der Waals surface area contributed by atoms with Gasteiger partial charge >= 0.3 is 0 Å². The smallest absolute Gasteiger partial charge is 0.278 e. The van der Waals surface area contributed by atoms with Gasteiger partial charge in [-0.2, -0.15) is 0 Å². The summed E-state index contributed by atoms with van der Waals surface area (Å²) in [4.78, 5) is 12.3. The molecule has 2 N–H and O–H groups in total. The first kappa shape index (κ1) is 17.6. The van der Waals surface area contributed by atoms with Gasteiger partial charge in [0.05, 0.1) is 13.7 Å². The SMILES string of the molecule is CC[C@H](Nc1cccc(OC)c1)C(=O)NCCOc1nonc1C. The van der Waals surface area contributed by atoms with Crippen LogP contribution in [0, 0.1) is 6.92 Å². The van der Waals surface area contributed by atoms with Gasteiger partial charge in [-0.3, -0.25) is 4.79 Å². The van der Waals surface area contributed by atoms with Crippen molar-refractivity contribution in [2.75, 3.05) is 25.6 Å². The van der Waals surface area contributed by atoms with Gasteiger partial charge in [0.25, 0.3) is 5.88 Å². The number of aryl methyl sites for hydroxylation is 1. The molecule has 0 unspecified atom stereocenters. The van der Waals surface area contributed by atoms with Crippen molar-refractivity contribution in [3.05, 3.63) is 30.0 Å². The Balaban J connectivity index is 1.79. The number of benzene rings is 1. The van der Waals surface area contributed by atoms with Gasteiger partial charge in [-0.25, -0.2) is 4.63 Å². The number of ether oxygens (including phenoxy) is 2. The maximum atomic E-state index is 12.3. The Kier molecular flexibility index (Phi) is 6.41. The summed E-state index contributed by atoms with van der Waals surface area (Å²) in [7, 11) is 1.61. The monoisotopic (exact) mass is 334 g/mol. The highest BCUT2D eigenvalue weighted by Crippen LogP contribution is 2.18. The zero-order chi connectivity index (χ0) is 17.4. The topological polar surface area (TPSA) is 98.5 Å². The predicted octanol–water partition coefficient (Wildman–Crippen LogP) is 1.77. The number of nitrogens with one attached hydrogen (secondary N) is 2. The second-order valence-electron chi connectivity index (χ2n) is 5.13. The lowest BCUT2D eigenvalue weighted by Crippen LogP contribution is -2.40. The first-order chi connectivity index (χ1) is 11.6. The third-order valence-electron chi connectivity index (χ3n) is 3.39. The molecule has 0 saturated heterocycles. The summed E-state index contributed by atoms with van der Waals surface area (Å²) in [5.41, 5.74) is 1.41. The van der Waals surface area contributed by atoms with E-state index in [4.69, 9.17) is 9.47 Å². The lowest BCUT2D eigenvalue weighted by Gasteiger charge is -2.18. The third kappa shape index (κ3) is 4.87. The van der Waals surface area contributed by atoms with E-state index in [1.165, 1.54) is 0 Å². The highest BCUT2D eigenvalue weighted by atomic mass is 16.6. The molecule has 0 radical (unpaired) electrons. The minimum absolute atomic E-state index is 0.0982.